The molecule has 5 nitrogen and oxygen atoms in total. The number of amides is 1. The van der Waals surface area contributed by atoms with Gasteiger partial charge in [0.2, 0.25) is 0 Å². The highest BCUT2D eigenvalue weighted by atomic mass is 19.4. The van der Waals surface area contributed by atoms with Crippen molar-refractivity contribution >= 4 is 11.9 Å². The Kier molecular flexibility index (Phi) is 6.44. The van der Waals surface area contributed by atoms with E-state index in [-0.39, 0.29) is 23.5 Å². The molecule has 0 heterocycles. The van der Waals surface area contributed by atoms with E-state index in [1.54, 1.807) is 6.08 Å². The second-order valence-electron chi connectivity index (χ2n) is 6.85. The molecule has 2 aromatic rings. The highest BCUT2D eigenvalue weighted by molar-refractivity contribution is 5.95. The molecule has 0 fully saturated rings. The van der Waals surface area contributed by atoms with Crippen molar-refractivity contribution in [1.82, 2.24) is 5.32 Å². The SMILES string of the molecule is COC(=O)C(c1ccccc1)C1C=CC(NC(=O)c2cccc(OC(F)(F)F)c2)C1. The number of carbonyl (C=O) groups excluding carboxylic acids is 2. The molecule has 8 heteroatoms. The topological polar surface area (TPSA) is 64.6 Å². The molecular weight excluding hydrogens is 399 g/mol. The predicted molar refractivity (Wildman–Crippen MR) is 103 cm³/mol. The van der Waals surface area contributed by atoms with Crippen LogP contribution >= 0.6 is 0 Å². The number of allylic oxidation sites excluding steroid dienone is 1. The lowest BCUT2D eigenvalue weighted by Crippen LogP contribution is -2.33. The van der Waals surface area contributed by atoms with E-state index in [1.165, 1.54) is 19.2 Å². The normalized spacial score (nSPS) is 19.2. The summed E-state index contributed by atoms with van der Waals surface area (Å²) < 4.78 is 46.0. The smallest absolute Gasteiger partial charge is 0.469 e. The highest BCUT2D eigenvalue weighted by Crippen LogP contribution is 2.34. The van der Waals surface area contributed by atoms with Gasteiger partial charge >= 0.3 is 12.3 Å². The van der Waals surface area contributed by atoms with Gasteiger partial charge in [0.25, 0.3) is 5.91 Å². The molecule has 0 saturated heterocycles. The maximum atomic E-state index is 12.5. The molecule has 3 unspecified atom stereocenters. The van der Waals surface area contributed by atoms with Crippen LogP contribution in [0.1, 0.15) is 28.3 Å². The number of esters is 1. The van der Waals surface area contributed by atoms with Gasteiger partial charge in [0.05, 0.1) is 13.0 Å². The van der Waals surface area contributed by atoms with Gasteiger partial charge in [-0.25, -0.2) is 0 Å². The lowest BCUT2D eigenvalue weighted by Gasteiger charge is -2.22. The number of methoxy groups -OCH3 is 1. The molecule has 1 aliphatic rings. The maximum absolute atomic E-state index is 12.5. The van der Waals surface area contributed by atoms with Gasteiger partial charge < -0.3 is 14.8 Å². The molecule has 0 aromatic heterocycles. The highest BCUT2D eigenvalue weighted by Gasteiger charge is 2.34. The monoisotopic (exact) mass is 419 g/mol. The summed E-state index contributed by atoms with van der Waals surface area (Å²) in [4.78, 5) is 24.8. The summed E-state index contributed by atoms with van der Waals surface area (Å²) in [6, 6.07) is 13.7. The van der Waals surface area contributed by atoms with Crippen molar-refractivity contribution in [3.8, 4) is 5.75 Å². The van der Waals surface area contributed by atoms with Crippen LogP contribution in [0.5, 0.6) is 5.75 Å². The Morgan fingerprint density at radius 2 is 1.80 bits per heavy atom. The second-order valence-corrected chi connectivity index (χ2v) is 6.85. The first-order valence-electron chi connectivity index (χ1n) is 9.24. The number of carbonyl (C=O) groups is 2. The van der Waals surface area contributed by atoms with Crippen LogP contribution in [0.4, 0.5) is 13.2 Å². The van der Waals surface area contributed by atoms with E-state index in [0.717, 1.165) is 17.7 Å². The Hall–Kier alpha value is -3.29. The first kappa shape index (κ1) is 21.4. The van der Waals surface area contributed by atoms with Gasteiger partial charge in [-0.3, -0.25) is 9.59 Å². The molecule has 158 valence electrons. The minimum Gasteiger partial charge on any atom is -0.469 e. The van der Waals surface area contributed by atoms with Crippen LogP contribution in [-0.4, -0.2) is 31.4 Å². The molecule has 0 saturated carbocycles. The van der Waals surface area contributed by atoms with E-state index in [4.69, 9.17) is 4.74 Å². The van der Waals surface area contributed by atoms with Gasteiger partial charge in [0, 0.05) is 11.6 Å². The summed E-state index contributed by atoms with van der Waals surface area (Å²) in [5.74, 6) is -2.08. The first-order valence-corrected chi connectivity index (χ1v) is 9.24. The molecule has 30 heavy (non-hydrogen) atoms. The average Bonchev–Trinajstić information content (AvgIpc) is 3.15. The van der Waals surface area contributed by atoms with Crippen molar-refractivity contribution in [1.29, 1.82) is 0 Å². The number of alkyl halides is 3. The minimum atomic E-state index is -4.84. The fourth-order valence-corrected chi connectivity index (χ4v) is 3.51. The minimum absolute atomic E-state index is 0.0428. The number of hydrogen-bond acceptors (Lipinski definition) is 4. The van der Waals surface area contributed by atoms with Crippen molar-refractivity contribution in [3.05, 3.63) is 77.9 Å². The van der Waals surface area contributed by atoms with E-state index in [9.17, 15) is 22.8 Å². The van der Waals surface area contributed by atoms with Crippen molar-refractivity contribution in [2.75, 3.05) is 7.11 Å². The zero-order valence-corrected chi connectivity index (χ0v) is 16.1. The summed E-state index contributed by atoms with van der Waals surface area (Å²) in [6.07, 6.45) is -0.754. The zero-order valence-electron chi connectivity index (χ0n) is 16.1. The molecule has 0 bridgehead atoms. The van der Waals surface area contributed by atoms with Gasteiger partial charge in [0.1, 0.15) is 5.75 Å². The molecule has 1 N–H and O–H groups in total. The largest absolute Gasteiger partial charge is 0.573 e. The Morgan fingerprint density at radius 1 is 1.07 bits per heavy atom. The Labute approximate surface area is 171 Å². The van der Waals surface area contributed by atoms with Crippen LogP contribution in [0.2, 0.25) is 0 Å². The van der Waals surface area contributed by atoms with Crippen LogP contribution in [-0.2, 0) is 9.53 Å². The number of nitrogens with one attached hydrogen (secondary N) is 1. The number of hydrogen-bond donors (Lipinski definition) is 1. The third kappa shape index (κ3) is 5.40. The Morgan fingerprint density at radius 3 is 2.47 bits per heavy atom. The van der Waals surface area contributed by atoms with Crippen molar-refractivity contribution in [2.45, 2.75) is 24.7 Å². The summed E-state index contributed by atoms with van der Waals surface area (Å²) in [5, 5.41) is 2.76. The molecular formula is C22H20F3NO4. The van der Waals surface area contributed by atoms with Crippen LogP contribution in [0, 0.1) is 5.92 Å². The quantitative estimate of drug-likeness (QED) is 0.563. The molecule has 3 atom stereocenters. The summed E-state index contributed by atoms with van der Waals surface area (Å²) in [6.45, 7) is 0. The van der Waals surface area contributed by atoms with Crippen molar-refractivity contribution < 1.29 is 32.2 Å². The third-order valence-corrected chi connectivity index (χ3v) is 4.80. The predicted octanol–water partition coefficient (Wildman–Crippen LogP) is 4.22. The number of ether oxygens (including phenoxy) is 2. The van der Waals surface area contributed by atoms with Gasteiger partial charge in [-0.1, -0.05) is 48.6 Å². The number of rotatable bonds is 6. The average molecular weight is 419 g/mol. The van der Waals surface area contributed by atoms with Crippen LogP contribution in [0.25, 0.3) is 0 Å². The van der Waals surface area contributed by atoms with E-state index in [2.05, 4.69) is 10.1 Å². The lowest BCUT2D eigenvalue weighted by molar-refractivity contribution is -0.274. The number of halogens is 3. The third-order valence-electron chi connectivity index (χ3n) is 4.80. The first-order chi connectivity index (χ1) is 14.3. The molecule has 0 radical (unpaired) electrons. The van der Waals surface area contributed by atoms with Crippen LogP contribution in [0.15, 0.2) is 66.7 Å². The molecule has 0 aliphatic heterocycles. The zero-order chi connectivity index (χ0) is 21.7. The van der Waals surface area contributed by atoms with Crippen molar-refractivity contribution in [3.63, 3.8) is 0 Å². The standard InChI is InChI=1S/C22H20F3NO4/c1-29-21(28)19(14-6-3-2-4-7-14)15-10-11-17(12-15)26-20(27)16-8-5-9-18(13-16)30-22(23,24)25/h2-11,13,15,17,19H,12H2,1H3,(H,26,27). The second kappa shape index (κ2) is 9.02. The van der Waals surface area contributed by atoms with Crippen LogP contribution in [0.3, 0.4) is 0 Å². The number of benzene rings is 2. The summed E-state index contributed by atoms with van der Waals surface area (Å²) in [7, 11) is 1.33. The summed E-state index contributed by atoms with van der Waals surface area (Å²) in [5.41, 5.74) is 0.851. The maximum Gasteiger partial charge on any atom is 0.573 e. The van der Waals surface area contributed by atoms with Gasteiger partial charge in [0.15, 0.2) is 0 Å². The van der Waals surface area contributed by atoms with E-state index < -0.39 is 23.9 Å². The van der Waals surface area contributed by atoms with E-state index in [0.29, 0.717) is 6.42 Å². The molecule has 3 rings (SSSR count). The lowest BCUT2D eigenvalue weighted by atomic mass is 9.85. The summed E-state index contributed by atoms with van der Waals surface area (Å²) >= 11 is 0. The molecule has 1 amide bonds. The fraction of sp³-hybridized carbons (Fsp3) is 0.273. The van der Waals surface area contributed by atoms with Gasteiger partial charge in [-0.05, 0) is 36.1 Å². The van der Waals surface area contributed by atoms with Crippen LogP contribution < -0.4 is 10.1 Å². The van der Waals surface area contributed by atoms with E-state index in [1.807, 2.05) is 36.4 Å². The Bertz CT molecular complexity index is 927. The Balaban J connectivity index is 1.67. The van der Waals surface area contributed by atoms with E-state index >= 15 is 0 Å². The van der Waals surface area contributed by atoms with Gasteiger partial charge in [-0.2, -0.15) is 0 Å². The fourth-order valence-electron chi connectivity index (χ4n) is 3.51. The van der Waals surface area contributed by atoms with Gasteiger partial charge in [-0.15, -0.1) is 13.2 Å². The molecule has 1 aliphatic carbocycles. The molecule has 0 spiro atoms. The molecule has 2 aromatic carbocycles. The van der Waals surface area contributed by atoms with Crippen molar-refractivity contribution in [2.24, 2.45) is 5.92 Å².